The van der Waals surface area contributed by atoms with Crippen molar-refractivity contribution in [2.24, 2.45) is 0 Å². The van der Waals surface area contributed by atoms with Gasteiger partial charge in [0.15, 0.2) is 0 Å². The van der Waals surface area contributed by atoms with Crippen LogP contribution in [0.4, 0.5) is 17.6 Å². The second kappa shape index (κ2) is 5.68. The van der Waals surface area contributed by atoms with Crippen molar-refractivity contribution in [3.8, 4) is 0 Å². The van der Waals surface area contributed by atoms with Gasteiger partial charge in [-0.05, 0) is 23.8 Å². The minimum Gasteiger partial charge on any atom is -0.481 e. The van der Waals surface area contributed by atoms with Crippen LogP contribution in [0.5, 0.6) is 0 Å². The molecule has 0 aromatic heterocycles. The Hall–Kier alpha value is -2.12. The van der Waals surface area contributed by atoms with E-state index in [1.165, 1.54) is 0 Å². The van der Waals surface area contributed by atoms with Gasteiger partial charge in [0.25, 0.3) is 0 Å². The molecule has 0 radical (unpaired) electrons. The summed E-state index contributed by atoms with van der Waals surface area (Å²) in [6.45, 7) is 0. The Bertz CT molecular complexity index is 487. The number of carbonyl (C=O) groups is 2. The molecule has 1 aromatic carbocycles. The van der Waals surface area contributed by atoms with Crippen LogP contribution in [0, 0.1) is 5.82 Å². The second-order valence-corrected chi connectivity index (χ2v) is 3.71. The lowest BCUT2D eigenvalue weighted by Crippen LogP contribution is -2.23. The number of halogens is 4. The highest BCUT2D eigenvalue weighted by molar-refractivity contribution is 5.68. The third kappa shape index (κ3) is 4.23. The Kier molecular flexibility index (Phi) is 4.47. The van der Waals surface area contributed by atoms with Gasteiger partial charge < -0.3 is 10.4 Å². The Morgan fingerprint density at radius 2 is 2.00 bits per heavy atom. The topological polar surface area (TPSA) is 66.4 Å². The monoisotopic (exact) mass is 279 g/mol. The van der Waals surface area contributed by atoms with Crippen molar-refractivity contribution < 1.29 is 32.3 Å². The maximum absolute atomic E-state index is 13.1. The average Bonchev–Trinajstić information content (AvgIpc) is 2.26. The first-order valence-corrected chi connectivity index (χ1v) is 5.03. The van der Waals surface area contributed by atoms with E-state index in [0.717, 1.165) is 6.07 Å². The smallest absolute Gasteiger partial charge is 0.416 e. The van der Waals surface area contributed by atoms with Gasteiger partial charge in [0, 0.05) is 0 Å². The molecule has 0 spiro atoms. The highest BCUT2D eigenvalue weighted by Gasteiger charge is 2.32. The van der Waals surface area contributed by atoms with Crippen molar-refractivity contribution in [3.63, 3.8) is 0 Å². The Labute approximate surface area is 105 Å². The van der Waals surface area contributed by atoms with Crippen LogP contribution in [0.3, 0.4) is 0 Å². The SMILES string of the molecule is O=CN[C@@H](CC(=O)O)c1cc(F)cc(C(F)(F)F)c1. The number of alkyl halides is 3. The highest BCUT2D eigenvalue weighted by atomic mass is 19.4. The Balaban J connectivity index is 3.19. The Morgan fingerprint density at radius 1 is 1.37 bits per heavy atom. The molecule has 8 heteroatoms. The summed E-state index contributed by atoms with van der Waals surface area (Å²) >= 11 is 0. The molecule has 0 saturated heterocycles. The standard InChI is InChI=1S/C11H9F4NO3/c12-8-2-6(1-7(3-8)11(13,14)15)9(16-5-17)4-10(18)19/h1-3,5,9H,4H2,(H,16,17)(H,18,19)/t9-/m0/s1. The van der Waals surface area contributed by atoms with E-state index in [0.29, 0.717) is 12.1 Å². The molecule has 0 aliphatic carbocycles. The van der Waals surface area contributed by atoms with Gasteiger partial charge in [-0.1, -0.05) is 0 Å². The summed E-state index contributed by atoms with van der Waals surface area (Å²) in [5.41, 5.74) is -1.51. The number of amides is 1. The van der Waals surface area contributed by atoms with Gasteiger partial charge in [-0.15, -0.1) is 0 Å². The van der Waals surface area contributed by atoms with Gasteiger partial charge in [-0.25, -0.2) is 4.39 Å². The van der Waals surface area contributed by atoms with Crippen LogP contribution >= 0.6 is 0 Å². The molecule has 1 aromatic rings. The van der Waals surface area contributed by atoms with E-state index < -0.39 is 36.0 Å². The molecular formula is C11H9F4NO3. The van der Waals surface area contributed by atoms with E-state index in [-0.39, 0.29) is 12.0 Å². The first-order chi connectivity index (χ1) is 8.74. The number of carboxylic acid groups (broad SMARTS) is 1. The van der Waals surface area contributed by atoms with Gasteiger partial charge in [-0.2, -0.15) is 13.2 Å². The zero-order valence-corrected chi connectivity index (χ0v) is 9.37. The maximum atomic E-state index is 13.1. The summed E-state index contributed by atoms with van der Waals surface area (Å²) in [5, 5.41) is 10.6. The van der Waals surface area contributed by atoms with E-state index in [1.54, 1.807) is 0 Å². The van der Waals surface area contributed by atoms with Crippen LogP contribution in [-0.4, -0.2) is 17.5 Å². The number of aliphatic carboxylic acids is 1. The number of carbonyl (C=O) groups excluding carboxylic acids is 1. The van der Waals surface area contributed by atoms with E-state index in [1.807, 2.05) is 5.32 Å². The zero-order valence-electron chi connectivity index (χ0n) is 9.37. The predicted octanol–water partition coefficient (Wildman–Crippen LogP) is 2.11. The second-order valence-electron chi connectivity index (χ2n) is 3.71. The van der Waals surface area contributed by atoms with Gasteiger partial charge in [0.05, 0.1) is 18.0 Å². The van der Waals surface area contributed by atoms with Crippen molar-refractivity contribution >= 4 is 12.4 Å². The normalized spacial score (nSPS) is 12.8. The molecule has 0 fully saturated rings. The maximum Gasteiger partial charge on any atom is 0.416 e. The summed E-state index contributed by atoms with van der Waals surface area (Å²) in [7, 11) is 0. The van der Waals surface area contributed by atoms with Gasteiger partial charge in [0.2, 0.25) is 6.41 Å². The molecule has 1 atom stereocenters. The molecule has 4 nitrogen and oxygen atoms in total. The molecule has 0 aliphatic heterocycles. The van der Waals surface area contributed by atoms with Crippen LogP contribution in [0.2, 0.25) is 0 Å². The van der Waals surface area contributed by atoms with Crippen LogP contribution in [0.1, 0.15) is 23.6 Å². The first kappa shape index (κ1) is 14.9. The third-order valence-electron chi connectivity index (χ3n) is 2.30. The highest BCUT2D eigenvalue weighted by Crippen LogP contribution is 2.32. The van der Waals surface area contributed by atoms with E-state index in [4.69, 9.17) is 5.11 Å². The summed E-state index contributed by atoms with van der Waals surface area (Å²) in [5.74, 6) is -2.50. The van der Waals surface area contributed by atoms with E-state index in [9.17, 15) is 27.2 Å². The molecule has 1 rings (SSSR count). The fourth-order valence-corrected chi connectivity index (χ4v) is 1.51. The summed E-state index contributed by atoms with van der Waals surface area (Å²) < 4.78 is 50.6. The number of nitrogens with one attached hydrogen (secondary N) is 1. The quantitative estimate of drug-likeness (QED) is 0.640. The van der Waals surface area contributed by atoms with Crippen LogP contribution in [0.15, 0.2) is 18.2 Å². The minimum absolute atomic E-state index is 0.145. The fraction of sp³-hybridized carbons (Fsp3) is 0.273. The predicted molar refractivity (Wildman–Crippen MR) is 55.6 cm³/mol. The molecule has 19 heavy (non-hydrogen) atoms. The van der Waals surface area contributed by atoms with Gasteiger partial charge >= 0.3 is 12.1 Å². The van der Waals surface area contributed by atoms with Crippen LogP contribution in [0.25, 0.3) is 0 Å². The molecule has 2 N–H and O–H groups in total. The average molecular weight is 279 g/mol. The van der Waals surface area contributed by atoms with Gasteiger partial charge in [0.1, 0.15) is 5.82 Å². The third-order valence-corrected chi connectivity index (χ3v) is 2.30. The number of carboxylic acids is 1. The molecule has 0 aliphatic rings. The van der Waals surface area contributed by atoms with Crippen molar-refractivity contribution in [3.05, 3.63) is 35.1 Å². The van der Waals surface area contributed by atoms with Crippen LogP contribution < -0.4 is 5.32 Å². The van der Waals surface area contributed by atoms with E-state index in [2.05, 4.69) is 0 Å². The van der Waals surface area contributed by atoms with Crippen molar-refractivity contribution in [1.29, 1.82) is 0 Å². The fourth-order valence-electron chi connectivity index (χ4n) is 1.51. The van der Waals surface area contributed by atoms with E-state index >= 15 is 0 Å². The van der Waals surface area contributed by atoms with Crippen molar-refractivity contribution in [2.75, 3.05) is 0 Å². The first-order valence-electron chi connectivity index (χ1n) is 5.03. The number of benzene rings is 1. The summed E-state index contributed by atoms with van der Waals surface area (Å²) in [6, 6.07) is 0.418. The summed E-state index contributed by atoms with van der Waals surface area (Å²) in [6.07, 6.45) is -5.27. The van der Waals surface area contributed by atoms with Crippen molar-refractivity contribution in [2.45, 2.75) is 18.6 Å². The Morgan fingerprint density at radius 3 is 2.47 bits per heavy atom. The minimum atomic E-state index is -4.76. The molecule has 0 bridgehead atoms. The molecule has 1 amide bonds. The van der Waals surface area contributed by atoms with Crippen molar-refractivity contribution in [1.82, 2.24) is 5.32 Å². The molecule has 0 unspecified atom stereocenters. The van der Waals surface area contributed by atoms with Gasteiger partial charge in [-0.3, -0.25) is 9.59 Å². The zero-order chi connectivity index (χ0) is 14.6. The number of rotatable bonds is 5. The molecule has 104 valence electrons. The lowest BCUT2D eigenvalue weighted by atomic mass is 10.0. The lowest BCUT2D eigenvalue weighted by molar-refractivity contribution is -0.138. The molecule has 0 saturated carbocycles. The summed E-state index contributed by atoms with van der Waals surface area (Å²) in [4.78, 5) is 20.9. The molecular weight excluding hydrogens is 270 g/mol. The number of hydrogen-bond donors (Lipinski definition) is 2. The largest absolute Gasteiger partial charge is 0.481 e. The number of hydrogen-bond acceptors (Lipinski definition) is 2. The molecule has 0 heterocycles. The van der Waals surface area contributed by atoms with Crippen LogP contribution in [-0.2, 0) is 15.8 Å². The lowest BCUT2D eigenvalue weighted by Gasteiger charge is -2.16.